The predicted octanol–water partition coefficient (Wildman–Crippen LogP) is 0.671. The number of Topliss-reactive ketones (excluding diaryl/α,β-unsaturated/α-hetero) is 1. The normalized spacial score (nSPS) is 14.2. The first-order valence-electron chi connectivity index (χ1n) is 6.60. The summed E-state index contributed by atoms with van der Waals surface area (Å²) in [6, 6.07) is 0. The van der Waals surface area contributed by atoms with Crippen molar-refractivity contribution in [1.29, 1.82) is 0 Å². The van der Waals surface area contributed by atoms with Crippen LogP contribution in [0.3, 0.4) is 0 Å². The molecule has 0 aliphatic heterocycles. The van der Waals surface area contributed by atoms with Gasteiger partial charge in [-0.1, -0.05) is 0 Å². The van der Waals surface area contributed by atoms with Gasteiger partial charge in [-0.2, -0.15) is 0 Å². The van der Waals surface area contributed by atoms with E-state index in [9.17, 15) is 9.59 Å². The van der Waals surface area contributed by atoms with Crippen molar-refractivity contribution >= 4 is 11.6 Å². The number of hydrogen-bond acceptors (Lipinski definition) is 6. The number of nitrogens with zero attached hydrogens (tertiary/aromatic N) is 3. The summed E-state index contributed by atoms with van der Waals surface area (Å²) < 4.78 is 0. The highest BCUT2D eigenvalue weighted by Gasteiger charge is 2.27. The van der Waals surface area contributed by atoms with Crippen LogP contribution in [0.4, 0.5) is 0 Å². The lowest BCUT2D eigenvalue weighted by molar-refractivity contribution is 0.0970. The first kappa shape index (κ1) is 14.3. The molecule has 106 valence electrons. The van der Waals surface area contributed by atoms with E-state index in [2.05, 4.69) is 20.2 Å². The summed E-state index contributed by atoms with van der Waals surface area (Å²) in [5, 5.41) is 3.02. The molecule has 0 bridgehead atoms. The Morgan fingerprint density at radius 1 is 1.10 bits per heavy atom. The van der Waals surface area contributed by atoms with Crippen LogP contribution in [0, 0.1) is 0 Å². The number of fused-ring (bicyclic) bond motifs is 1. The van der Waals surface area contributed by atoms with Gasteiger partial charge in [0.05, 0.1) is 5.70 Å². The third kappa shape index (κ3) is 3.27. The minimum atomic E-state index is -0.275. The first-order valence-corrected chi connectivity index (χ1v) is 6.60. The van der Waals surface area contributed by atoms with Gasteiger partial charge in [0.25, 0.3) is 0 Å². The van der Waals surface area contributed by atoms with Crippen molar-refractivity contribution in [2.75, 3.05) is 27.2 Å². The number of ketones is 2. The second-order valence-corrected chi connectivity index (χ2v) is 4.94. The number of carbonyl (C=O) groups excluding carboxylic acids is 2. The van der Waals surface area contributed by atoms with Gasteiger partial charge in [0, 0.05) is 25.0 Å². The van der Waals surface area contributed by atoms with Gasteiger partial charge >= 0.3 is 0 Å². The molecule has 0 spiro atoms. The molecule has 0 atom stereocenters. The van der Waals surface area contributed by atoms with Crippen LogP contribution in [0.2, 0.25) is 0 Å². The third-order valence-electron chi connectivity index (χ3n) is 3.01. The van der Waals surface area contributed by atoms with Crippen molar-refractivity contribution < 1.29 is 9.59 Å². The van der Waals surface area contributed by atoms with Gasteiger partial charge in [0.2, 0.25) is 11.6 Å². The number of carbonyl (C=O) groups is 2. The summed E-state index contributed by atoms with van der Waals surface area (Å²) in [4.78, 5) is 33.9. The molecule has 1 N–H and O–H groups in total. The molecule has 0 aromatic carbocycles. The zero-order valence-electron chi connectivity index (χ0n) is 11.7. The van der Waals surface area contributed by atoms with Gasteiger partial charge in [-0.25, -0.2) is 9.97 Å². The van der Waals surface area contributed by atoms with Crippen molar-refractivity contribution in [1.82, 2.24) is 20.2 Å². The van der Waals surface area contributed by atoms with Crippen LogP contribution in [0.1, 0.15) is 33.8 Å². The maximum absolute atomic E-state index is 12.1. The van der Waals surface area contributed by atoms with E-state index >= 15 is 0 Å². The highest BCUT2D eigenvalue weighted by Crippen LogP contribution is 2.15. The lowest BCUT2D eigenvalue weighted by Crippen LogP contribution is -2.29. The van der Waals surface area contributed by atoms with Gasteiger partial charge in [0.15, 0.2) is 0 Å². The molecule has 20 heavy (non-hydrogen) atoms. The van der Waals surface area contributed by atoms with E-state index in [4.69, 9.17) is 0 Å². The number of hydrogen-bond donors (Lipinski definition) is 1. The monoisotopic (exact) mass is 274 g/mol. The van der Waals surface area contributed by atoms with Gasteiger partial charge in [-0.05, 0) is 33.5 Å². The molecule has 0 amide bonds. The highest BCUT2D eigenvalue weighted by molar-refractivity contribution is 6.22. The number of nitrogens with one attached hydrogen (secondary N) is 1. The van der Waals surface area contributed by atoms with Gasteiger partial charge in [-0.3, -0.25) is 9.59 Å². The number of aromatic nitrogens is 2. The smallest absolute Gasteiger partial charge is 0.229 e. The lowest BCUT2D eigenvalue weighted by atomic mass is 10.0. The summed E-state index contributed by atoms with van der Waals surface area (Å²) in [6.07, 6.45) is 6.11. The molecule has 1 aromatic rings. The maximum atomic E-state index is 12.1. The van der Waals surface area contributed by atoms with E-state index < -0.39 is 0 Å². The zero-order chi connectivity index (χ0) is 14.5. The fourth-order valence-electron chi connectivity index (χ4n) is 1.98. The average molecular weight is 274 g/mol. The largest absolute Gasteiger partial charge is 0.382 e. The zero-order valence-corrected chi connectivity index (χ0v) is 11.7. The molecule has 0 saturated carbocycles. The van der Waals surface area contributed by atoms with E-state index in [-0.39, 0.29) is 23.0 Å². The van der Waals surface area contributed by atoms with Gasteiger partial charge < -0.3 is 10.2 Å². The van der Waals surface area contributed by atoms with E-state index in [1.54, 1.807) is 0 Å². The Morgan fingerprint density at radius 2 is 1.80 bits per heavy atom. The topological polar surface area (TPSA) is 75.2 Å². The minimum absolute atomic E-state index is 0.135. The maximum Gasteiger partial charge on any atom is 0.229 e. The molecule has 1 aliphatic rings. The summed E-state index contributed by atoms with van der Waals surface area (Å²) in [5.41, 5.74) is 0.583. The summed E-state index contributed by atoms with van der Waals surface area (Å²) in [5.74, 6) is -0.538. The molecular weight excluding hydrogens is 256 g/mol. The van der Waals surface area contributed by atoms with Crippen LogP contribution in [-0.2, 0) is 0 Å². The average Bonchev–Trinajstić information content (AvgIpc) is 2.43. The molecule has 1 heterocycles. The second kappa shape index (κ2) is 6.38. The fraction of sp³-hybridized carbons (Fsp3) is 0.429. The van der Waals surface area contributed by atoms with Crippen LogP contribution >= 0.6 is 0 Å². The van der Waals surface area contributed by atoms with Crippen molar-refractivity contribution in [3.63, 3.8) is 0 Å². The number of unbranched alkanes of at least 4 members (excludes halogenated alkanes) is 1. The van der Waals surface area contributed by atoms with Crippen LogP contribution in [0.15, 0.2) is 24.2 Å². The summed E-state index contributed by atoms with van der Waals surface area (Å²) >= 11 is 0. The second-order valence-electron chi connectivity index (χ2n) is 4.94. The Hall–Kier alpha value is -2.08. The highest BCUT2D eigenvalue weighted by atomic mass is 16.1. The predicted molar refractivity (Wildman–Crippen MR) is 74.6 cm³/mol. The first-order chi connectivity index (χ1) is 9.59. The Labute approximate surface area is 117 Å². The Bertz CT molecular complexity index is 552. The molecule has 1 aliphatic carbocycles. The molecule has 0 unspecified atom stereocenters. The summed E-state index contributed by atoms with van der Waals surface area (Å²) in [7, 11) is 4.05. The van der Waals surface area contributed by atoms with E-state index in [0.29, 0.717) is 12.2 Å². The van der Waals surface area contributed by atoms with Crippen LogP contribution in [-0.4, -0.2) is 53.6 Å². The quantitative estimate of drug-likeness (QED) is 0.769. The fourth-order valence-corrected chi connectivity index (χ4v) is 1.98. The molecule has 6 nitrogen and oxygen atoms in total. The van der Waals surface area contributed by atoms with Crippen LogP contribution < -0.4 is 5.32 Å². The van der Waals surface area contributed by atoms with Crippen molar-refractivity contribution in [3.05, 3.63) is 35.6 Å². The minimum Gasteiger partial charge on any atom is -0.382 e. The number of rotatable bonds is 6. The molecule has 0 saturated heterocycles. The van der Waals surface area contributed by atoms with Crippen LogP contribution in [0.5, 0.6) is 0 Å². The Kier molecular flexibility index (Phi) is 4.57. The molecule has 6 heteroatoms. The lowest BCUT2D eigenvalue weighted by Gasteiger charge is -2.15. The van der Waals surface area contributed by atoms with Crippen molar-refractivity contribution in [3.8, 4) is 0 Å². The third-order valence-corrected chi connectivity index (χ3v) is 3.01. The molecule has 1 aromatic heterocycles. The van der Waals surface area contributed by atoms with E-state index in [1.165, 1.54) is 18.5 Å². The molecule has 0 radical (unpaired) electrons. The Morgan fingerprint density at radius 3 is 2.50 bits per heavy atom. The van der Waals surface area contributed by atoms with Gasteiger partial charge in [-0.15, -0.1) is 0 Å². The van der Waals surface area contributed by atoms with E-state index in [0.717, 1.165) is 19.4 Å². The summed E-state index contributed by atoms with van der Waals surface area (Å²) in [6.45, 7) is 1.66. The standard InChI is InChI=1S/C14H18N4O2/c1-18(2)8-4-3-5-15-10-9-11(19)12-13(14(10)20)17-7-6-16-12/h6-7,9,15H,3-5,8H2,1-2H3. The van der Waals surface area contributed by atoms with Gasteiger partial charge in [0.1, 0.15) is 11.4 Å². The number of allylic oxidation sites excluding steroid dienone is 2. The Balaban J connectivity index is 1.94. The van der Waals surface area contributed by atoms with Crippen molar-refractivity contribution in [2.45, 2.75) is 12.8 Å². The van der Waals surface area contributed by atoms with E-state index in [1.807, 2.05) is 14.1 Å². The SMILES string of the molecule is CN(C)CCCCNC1=CC(=O)c2nccnc2C1=O. The molecule has 2 rings (SSSR count). The van der Waals surface area contributed by atoms with Crippen molar-refractivity contribution in [2.24, 2.45) is 0 Å². The molecule has 0 fully saturated rings. The van der Waals surface area contributed by atoms with Crippen LogP contribution in [0.25, 0.3) is 0 Å². The molecular formula is C14H18N4O2.